The Balaban J connectivity index is 0.000000192. The Hall–Kier alpha value is -3.21. The molecule has 1 unspecified atom stereocenters. The highest BCUT2D eigenvalue weighted by molar-refractivity contribution is 6.02. The summed E-state index contributed by atoms with van der Waals surface area (Å²) in [6, 6.07) is 15.6. The zero-order valence-electron chi connectivity index (χ0n) is 16.6. The van der Waals surface area contributed by atoms with Gasteiger partial charge in [-0.3, -0.25) is 4.98 Å². The Kier molecular flexibility index (Phi) is 5.73. The first-order valence-electron chi connectivity index (χ1n) is 9.39. The second-order valence-electron chi connectivity index (χ2n) is 7.27. The molecule has 2 aromatic heterocycles. The van der Waals surface area contributed by atoms with Crippen LogP contribution >= 0.6 is 0 Å². The SMILES string of the molecule is CC(C)C(C)n1cnc2cnc3ccccc3c21.Cc1ccccc1C(=O)O. The fraction of sp³-hybridized carbons (Fsp3) is 0.261. The second kappa shape index (κ2) is 8.21. The number of aromatic carboxylic acids is 1. The maximum Gasteiger partial charge on any atom is 0.335 e. The van der Waals surface area contributed by atoms with E-state index in [1.165, 1.54) is 10.9 Å². The van der Waals surface area contributed by atoms with E-state index in [2.05, 4.69) is 47.4 Å². The predicted octanol–water partition coefficient (Wildman–Crippen LogP) is 5.49. The van der Waals surface area contributed by atoms with Crippen molar-refractivity contribution in [2.24, 2.45) is 5.92 Å². The zero-order valence-corrected chi connectivity index (χ0v) is 16.6. The van der Waals surface area contributed by atoms with E-state index in [0.717, 1.165) is 16.6 Å². The van der Waals surface area contributed by atoms with Crippen LogP contribution in [0.1, 0.15) is 42.7 Å². The minimum Gasteiger partial charge on any atom is -0.478 e. The van der Waals surface area contributed by atoms with Crippen LogP contribution in [0.2, 0.25) is 0 Å². The lowest BCUT2D eigenvalue weighted by atomic mass is 10.1. The number of aromatic nitrogens is 3. The maximum atomic E-state index is 10.4. The molecule has 0 aliphatic heterocycles. The molecule has 5 heteroatoms. The Morgan fingerprint density at radius 3 is 2.29 bits per heavy atom. The van der Waals surface area contributed by atoms with Crippen LogP contribution in [0.4, 0.5) is 0 Å². The molecule has 28 heavy (non-hydrogen) atoms. The number of benzene rings is 2. The van der Waals surface area contributed by atoms with E-state index >= 15 is 0 Å². The first-order chi connectivity index (χ1) is 13.4. The van der Waals surface area contributed by atoms with Crippen molar-refractivity contribution < 1.29 is 9.90 Å². The van der Waals surface area contributed by atoms with Gasteiger partial charge in [0.15, 0.2) is 0 Å². The molecule has 144 valence electrons. The van der Waals surface area contributed by atoms with Crippen LogP contribution < -0.4 is 0 Å². The smallest absolute Gasteiger partial charge is 0.335 e. The third-order valence-corrected chi connectivity index (χ3v) is 5.09. The fourth-order valence-corrected chi connectivity index (χ4v) is 3.11. The number of carboxylic acid groups (broad SMARTS) is 1. The quantitative estimate of drug-likeness (QED) is 0.514. The summed E-state index contributed by atoms with van der Waals surface area (Å²) in [5.41, 5.74) is 4.38. The molecule has 4 aromatic rings. The molecule has 0 aliphatic rings. The molecule has 1 N–H and O–H groups in total. The molecule has 0 spiro atoms. The van der Waals surface area contributed by atoms with Crippen molar-refractivity contribution in [3.8, 4) is 0 Å². The maximum absolute atomic E-state index is 10.4. The molecule has 0 amide bonds. The number of fused-ring (bicyclic) bond motifs is 3. The zero-order chi connectivity index (χ0) is 20.3. The fourth-order valence-electron chi connectivity index (χ4n) is 3.11. The minimum atomic E-state index is -0.863. The monoisotopic (exact) mass is 375 g/mol. The van der Waals surface area contributed by atoms with Crippen LogP contribution in [-0.2, 0) is 0 Å². The molecule has 4 rings (SSSR count). The third kappa shape index (κ3) is 3.88. The summed E-state index contributed by atoms with van der Waals surface area (Å²) < 4.78 is 2.27. The summed E-state index contributed by atoms with van der Waals surface area (Å²) in [5.74, 6) is -0.285. The first-order valence-corrected chi connectivity index (χ1v) is 9.39. The molecule has 0 radical (unpaired) electrons. The number of carboxylic acids is 1. The molecule has 1 atom stereocenters. The number of rotatable bonds is 3. The van der Waals surface area contributed by atoms with Crippen LogP contribution in [0.15, 0.2) is 61.1 Å². The van der Waals surface area contributed by atoms with Crippen molar-refractivity contribution in [2.45, 2.75) is 33.7 Å². The van der Waals surface area contributed by atoms with E-state index < -0.39 is 5.97 Å². The van der Waals surface area contributed by atoms with Crippen molar-refractivity contribution in [1.29, 1.82) is 0 Å². The molecular formula is C23H25N3O2. The van der Waals surface area contributed by atoms with Gasteiger partial charge in [0.25, 0.3) is 0 Å². The second-order valence-corrected chi connectivity index (χ2v) is 7.27. The number of pyridine rings is 1. The summed E-state index contributed by atoms with van der Waals surface area (Å²) in [7, 11) is 0. The van der Waals surface area contributed by atoms with E-state index in [0.29, 0.717) is 17.5 Å². The van der Waals surface area contributed by atoms with E-state index in [1.807, 2.05) is 30.7 Å². The molecule has 2 heterocycles. The van der Waals surface area contributed by atoms with Crippen LogP contribution in [0.3, 0.4) is 0 Å². The van der Waals surface area contributed by atoms with Gasteiger partial charge >= 0.3 is 5.97 Å². The molecule has 0 fully saturated rings. The van der Waals surface area contributed by atoms with Gasteiger partial charge < -0.3 is 9.67 Å². The van der Waals surface area contributed by atoms with Crippen LogP contribution in [0.25, 0.3) is 21.9 Å². The normalized spacial score (nSPS) is 12.0. The number of imidazole rings is 1. The summed E-state index contributed by atoms with van der Waals surface area (Å²) in [4.78, 5) is 19.3. The molecule has 0 bridgehead atoms. The highest BCUT2D eigenvalue weighted by Gasteiger charge is 2.15. The van der Waals surface area contributed by atoms with E-state index in [1.54, 1.807) is 25.1 Å². The standard InChI is InChI=1S/C15H17N3.C8H8O2/c1-10(2)11(3)18-9-17-14-8-16-13-7-5-4-6-12(13)15(14)18;1-6-4-2-3-5-7(6)8(9)10/h4-11H,1-3H3;2-5H,1H3,(H,9,10). The number of nitrogens with zero attached hydrogens (tertiary/aromatic N) is 3. The Labute approximate surface area is 164 Å². The average Bonchev–Trinajstić information content (AvgIpc) is 3.12. The average molecular weight is 375 g/mol. The minimum absolute atomic E-state index is 0.377. The molecule has 0 saturated carbocycles. The Morgan fingerprint density at radius 2 is 1.64 bits per heavy atom. The summed E-state index contributed by atoms with van der Waals surface area (Å²) >= 11 is 0. The van der Waals surface area contributed by atoms with Gasteiger partial charge in [0, 0.05) is 11.4 Å². The van der Waals surface area contributed by atoms with E-state index in [9.17, 15) is 4.79 Å². The van der Waals surface area contributed by atoms with Gasteiger partial charge in [-0.05, 0) is 37.5 Å². The van der Waals surface area contributed by atoms with Crippen LogP contribution in [-0.4, -0.2) is 25.6 Å². The summed E-state index contributed by atoms with van der Waals surface area (Å²) in [6.07, 6.45) is 3.80. The number of aryl methyl sites for hydroxylation is 1. The van der Waals surface area contributed by atoms with Crippen molar-refractivity contribution in [2.75, 3.05) is 0 Å². The molecule has 0 saturated heterocycles. The third-order valence-electron chi connectivity index (χ3n) is 5.09. The topological polar surface area (TPSA) is 68.0 Å². The molecule has 2 aromatic carbocycles. The Morgan fingerprint density at radius 1 is 0.964 bits per heavy atom. The predicted molar refractivity (Wildman–Crippen MR) is 113 cm³/mol. The first kappa shape index (κ1) is 19.5. The van der Waals surface area contributed by atoms with E-state index in [4.69, 9.17) is 5.11 Å². The highest BCUT2D eigenvalue weighted by Crippen LogP contribution is 2.27. The number of para-hydroxylation sites is 1. The van der Waals surface area contributed by atoms with Gasteiger partial charge in [0.2, 0.25) is 0 Å². The van der Waals surface area contributed by atoms with Gasteiger partial charge in [0.05, 0.1) is 29.1 Å². The van der Waals surface area contributed by atoms with Gasteiger partial charge in [-0.1, -0.05) is 50.2 Å². The lowest BCUT2D eigenvalue weighted by molar-refractivity contribution is 0.0696. The number of hydrogen-bond donors (Lipinski definition) is 1. The van der Waals surface area contributed by atoms with Crippen molar-refractivity contribution in [3.63, 3.8) is 0 Å². The van der Waals surface area contributed by atoms with Gasteiger partial charge in [-0.15, -0.1) is 0 Å². The van der Waals surface area contributed by atoms with Gasteiger partial charge in [-0.2, -0.15) is 0 Å². The summed E-state index contributed by atoms with van der Waals surface area (Å²) in [6.45, 7) is 8.49. The van der Waals surface area contributed by atoms with Crippen LogP contribution in [0.5, 0.6) is 0 Å². The highest BCUT2D eigenvalue weighted by atomic mass is 16.4. The lowest BCUT2D eigenvalue weighted by Crippen LogP contribution is -2.10. The van der Waals surface area contributed by atoms with Crippen molar-refractivity contribution in [3.05, 3.63) is 72.2 Å². The largest absolute Gasteiger partial charge is 0.478 e. The molecule has 0 aliphatic carbocycles. The van der Waals surface area contributed by atoms with Crippen molar-refractivity contribution in [1.82, 2.24) is 14.5 Å². The Bertz CT molecular complexity index is 1120. The van der Waals surface area contributed by atoms with Gasteiger partial charge in [0.1, 0.15) is 5.52 Å². The molecular weight excluding hydrogens is 350 g/mol. The number of carbonyl (C=O) groups is 1. The van der Waals surface area contributed by atoms with Gasteiger partial charge in [-0.25, -0.2) is 9.78 Å². The lowest BCUT2D eigenvalue weighted by Gasteiger charge is -2.18. The summed E-state index contributed by atoms with van der Waals surface area (Å²) in [5, 5.41) is 9.75. The van der Waals surface area contributed by atoms with Crippen molar-refractivity contribution >= 4 is 27.9 Å². The molecule has 5 nitrogen and oxygen atoms in total. The number of hydrogen-bond acceptors (Lipinski definition) is 3. The van der Waals surface area contributed by atoms with E-state index in [-0.39, 0.29) is 0 Å². The van der Waals surface area contributed by atoms with Crippen LogP contribution in [0, 0.1) is 12.8 Å².